The van der Waals surface area contributed by atoms with Gasteiger partial charge in [0.05, 0.1) is 6.67 Å². The molecule has 0 heterocycles. The zero-order valence-corrected chi connectivity index (χ0v) is 5.59. The lowest BCUT2D eigenvalue weighted by Gasteiger charge is -2.13. The molecule has 0 aromatic heterocycles. The molecular formula is C5H11N3O2. The van der Waals surface area contributed by atoms with E-state index in [-0.39, 0.29) is 0 Å². The Hall–Kier alpha value is -0.880. The van der Waals surface area contributed by atoms with Gasteiger partial charge < -0.3 is 10.5 Å². The minimum atomic E-state index is -0.508. The molecule has 10 heavy (non-hydrogen) atoms. The summed E-state index contributed by atoms with van der Waals surface area (Å²) >= 11 is 0. The maximum atomic E-state index is 10.3. The number of quaternary nitrogens is 1. The molecule has 58 valence electrons. The molecule has 0 bridgehead atoms. The van der Waals surface area contributed by atoms with Gasteiger partial charge in [0, 0.05) is 0 Å². The molecule has 0 aliphatic heterocycles. The second kappa shape index (κ2) is 6.24. The quantitative estimate of drug-likeness (QED) is 0.245. The lowest BCUT2D eigenvalue weighted by atomic mass is 10.9. The van der Waals surface area contributed by atoms with Crippen molar-refractivity contribution in [1.82, 2.24) is 10.8 Å². The van der Waals surface area contributed by atoms with Crippen molar-refractivity contribution in [3.63, 3.8) is 0 Å². The van der Waals surface area contributed by atoms with Crippen LogP contribution in [0.5, 0.6) is 0 Å². The van der Waals surface area contributed by atoms with Crippen molar-refractivity contribution >= 4 is 0 Å². The Morgan fingerprint density at radius 3 is 2.80 bits per heavy atom. The molecular weight excluding hydrogens is 134 g/mol. The maximum absolute atomic E-state index is 10.3. The standard InChI is InChI=1S/C5H11N3O2/c1-3-6-5-7-10-8(9)4-2/h3-4,6-8H,1-2,5H2. The van der Waals surface area contributed by atoms with Crippen LogP contribution in [0.3, 0.4) is 0 Å². The van der Waals surface area contributed by atoms with Crippen molar-refractivity contribution in [2.75, 3.05) is 6.67 Å². The monoisotopic (exact) mass is 145 g/mol. The predicted octanol–water partition coefficient (Wildman–Crippen LogP) is -1.36. The minimum absolute atomic E-state index is 0.336. The van der Waals surface area contributed by atoms with E-state index in [1.54, 1.807) is 0 Å². The van der Waals surface area contributed by atoms with Gasteiger partial charge in [-0.15, -0.1) is 10.4 Å². The first-order valence-electron chi connectivity index (χ1n) is 2.71. The van der Waals surface area contributed by atoms with Crippen molar-refractivity contribution in [2.24, 2.45) is 0 Å². The maximum Gasteiger partial charge on any atom is 0.121 e. The first-order chi connectivity index (χ1) is 4.81. The van der Waals surface area contributed by atoms with Gasteiger partial charge in [-0.2, -0.15) is 5.23 Å². The van der Waals surface area contributed by atoms with Gasteiger partial charge in [0.2, 0.25) is 0 Å². The Bertz CT molecular complexity index is 107. The molecule has 1 unspecified atom stereocenters. The molecule has 5 nitrogen and oxygen atoms in total. The molecule has 0 radical (unpaired) electrons. The first kappa shape index (κ1) is 9.12. The number of rotatable bonds is 6. The number of hydrogen-bond donors (Lipinski definition) is 3. The van der Waals surface area contributed by atoms with E-state index in [1.165, 1.54) is 6.20 Å². The van der Waals surface area contributed by atoms with Crippen LogP contribution in [-0.2, 0) is 4.94 Å². The molecule has 0 aromatic carbocycles. The summed E-state index contributed by atoms with van der Waals surface area (Å²) in [6.07, 6.45) is 2.55. The fraction of sp³-hybridized carbons (Fsp3) is 0.200. The number of hydroxylamine groups is 3. The van der Waals surface area contributed by atoms with Gasteiger partial charge in [-0.25, -0.2) is 0 Å². The first-order valence-corrected chi connectivity index (χ1v) is 2.71. The average molecular weight is 145 g/mol. The van der Waals surface area contributed by atoms with Gasteiger partial charge >= 0.3 is 0 Å². The summed E-state index contributed by atoms with van der Waals surface area (Å²) in [6, 6.07) is 0. The Morgan fingerprint density at radius 2 is 2.30 bits per heavy atom. The highest BCUT2D eigenvalue weighted by Gasteiger charge is 1.86. The average Bonchev–Trinajstić information content (AvgIpc) is 1.98. The van der Waals surface area contributed by atoms with Crippen LogP contribution in [0.4, 0.5) is 0 Å². The minimum Gasteiger partial charge on any atom is -0.594 e. The van der Waals surface area contributed by atoms with Crippen LogP contribution in [0.25, 0.3) is 0 Å². The van der Waals surface area contributed by atoms with Crippen molar-refractivity contribution in [2.45, 2.75) is 0 Å². The fourth-order valence-electron chi connectivity index (χ4n) is 0.263. The number of nitrogens with one attached hydrogen (secondary N) is 3. The molecule has 3 N–H and O–H groups in total. The van der Waals surface area contributed by atoms with Crippen molar-refractivity contribution < 1.29 is 10.2 Å². The summed E-state index contributed by atoms with van der Waals surface area (Å²) in [7, 11) is 0. The van der Waals surface area contributed by atoms with E-state index < -0.39 is 5.23 Å². The molecule has 0 amide bonds. The van der Waals surface area contributed by atoms with E-state index in [4.69, 9.17) is 0 Å². The lowest BCUT2D eigenvalue weighted by molar-refractivity contribution is -1.02. The van der Waals surface area contributed by atoms with E-state index in [1.807, 2.05) is 0 Å². The summed E-state index contributed by atoms with van der Waals surface area (Å²) in [5.74, 6) is 0. The van der Waals surface area contributed by atoms with Crippen molar-refractivity contribution in [3.8, 4) is 0 Å². The molecule has 0 spiro atoms. The van der Waals surface area contributed by atoms with E-state index in [0.717, 1.165) is 6.20 Å². The van der Waals surface area contributed by atoms with Crippen LogP contribution in [0, 0.1) is 5.21 Å². The largest absolute Gasteiger partial charge is 0.594 e. The van der Waals surface area contributed by atoms with Gasteiger partial charge in [-0.05, 0) is 12.8 Å². The van der Waals surface area contributed by atoms with Gasteiger partial charge in [0.25, 0.3) is 0 Å². The molecule has 1 atom stereocenters. The normalized spacial score (nSPS) is 12.1. The van der Waals surface area contributed by atoms with Gasteiger partial charge in [0.1, 0.15) is 6.20 Å². The zero-order chi connectivity index (χ0) is 7.82. The number of hydrogen-bond acceptors (Lipinski definition) is 4. The van der Waals surface area contributed by atoms with Crippen LogP contribution in [-0.4, -0.2) is 6.67 Å². The third kappa shape index (κ3) is 5.26. The van der Waals surface area contributed by atoms with Crippen molar-refractivity contribution in [3.05, 3.63) is 30.8 Å². The summed E-state index contributed by atoms with van der Waals surface area (Å²) in [4.78, 5) is 4.38. The Kier molecular flexibility index (Phi) is 5.69. The highest BCUT2D eigenvalue weighted by molar-refractivity contribution is 4.58. The molecule has 0 fully saturated rings. The Balaban J connectivity index is 3.02. The van der Waals surface area contributed by atoms with E-state index >= 15 is 0 Å². The molecule has 0 saturated heterocycles. The van der Waals surface area contributed by atoms with Crippen LogP contribution >= 0.6 is 0 Å². The molecule has 0 rings (SSSR count). The van der Waals surface area contributed by atoms with Gasteiger partial charge in [-0.1, -0.05) is 6.58 Å². The highest BCUT2D eigenvalue weighted by atomic mass is 17.0. The SMILES string of the molecule is C=CNCNO[NH+]([O-])C=C. The van der Waals surface area contributed by atoms with Crippen molar-refractivity contribution in [1.29, 1.82) is 0 Å². The second-order valence-electron chi connectivity index (χ2n) is 1.35. The summed E-state index contributed by atoms with van der Waals surface area (Å²) < 4.78 is 0. The molecule has 0 aliphatic carbocycles. The third-order valence-corrected chi connectivity index (χ3v) is 0.658. The van der Waals surface area contributed by atoms with Gasteiger partial charge in [-0.3, -0.25) is 0 Å². The molecule has 5 heteroatoms. The topological polar surface area (TPSA) is 60.8 Å². The van der Waals surface area contributed by atoms with E-state index in [2.05, 4.69) is 28.9 Å². The second-order valence-corrected chi connectivity index (χ2v) is 1.35. The molecule has 0 aliphatic rings. The van der Waals surface area contributed by atoms with Crippen LogP contribution in [0.1, 0.15) is 0 Å². The summed E-state index contributed by atoms with van der Waals surface area (Å²) in [5.41, 5.74) is 2.33. The Morgan fingerprint density at radius 1 is 1.60 bits per heavy atom. The van der Waals surface area contributed by atoms with Gasteiger partial charge in [0.15, 0.2) is 0 Å². The third-order valence-electron chi connectivity index (χ3n) is 0.658. The van der Waals surface area contributed by atoms with E-state index in [0.29, 0.717) is 6.67 Å². The Labute approximate surface area is 59.4 Å². The molecule has 0 aromatic rings. The molecule has 0 saturated carbocycles. The smallest absolute Gasteiger partial charge is 0.121 e. The lowest BCUT2D eigenvalue weighted by Crippen LogP contribution is -3.02. The predicted molar refractivity (Wildman–Crippen MR) is 36.9 cm³/mol. The van der Waals surface area contributed by atoms with E-state index in [9.17, 15) is 5.21 Å². The zero-order valence-electron chi connectivity index (χ0n) is 5.59. The summed E-state index contributed by atoms with van der Waals surface area (Å²) in [6.45, 7) is 6.93. The van der Waals surface area contributed by atoms with Crippen LogP contribution in [0.2, 0.25) is 0 Å². The highest BCUT2D eigenvalue weighted by Crippen LogP contribution is 1.50. The fourth-order valence-corrected chi connectivity index (χ4v) is 0.263. The van der Waals surface area contributed by atoms with Crippen LogP contribution < -0.4 is 16.0 Å². The summed E-state index contributed by atoms with van der Waals surface area (Å²) in [5, 5.41) is 12.5. The van der Waals surface area contributed by atoms with Crippen LogP contribution in [0.15, 0.2) is 25.6 Å².